The van der Waals surface area contributed by atoms with Crippen LogP contribution in [0.2, 0.25) is 0 Å². The molecule has 32 heavy (non-hydrogen) atoms. The minimum absolute atomic E-state index is 0.0682. The van der Waals surface area contributed by atoms with Gasteiger partial charge in [-0.3, -0.25) is 24.3 Å². The van der Waals surface area contributed by atoms with E-state index < -0.39 is 28.6 Å². The van der Waals surface area contributed by atoms with Crippen molar-refractivity contribution in [2.75, 3.05) is 7.11 Å². The minimum Gasteiger partial charge on any atom is -0.469 e. The smallest absolute Gasteiger partial charge is 0.317 e. The van der Waals surface area contributed by atoms with Crippen LogP contribution < -0.4 is 19.6 Å². The molecule has 0 fully saturated rings. The van der Waals surface area contributed by atoms with E-state index in [1.54, 1.807) is 31.2 Å². The first-order valence-corrected chi connectivity index (χ1v) is 10.6. The normalized spacial score (nSPS) is 23.4. The fourth-order valence-electron chi connectivity index (χ4n) is 4.31. The van der Waals surface area contributed by atoms with Gasteiger partial charge in [-0.2, -0.15) is 0 Å². The molecule has 0 radical (unpaired) electrons. The Labute approximate surface area is 185 Å². The fraction of sp³-hybridized carbons (Fsp3) is 0.227. The SMILES string of the molecule is COC(=O)[C@H]1[C@H]2c3ccccc3O[C@@]1(C)N=c1s/c(=C\c3cccc([N+](=O)[O-])c3)c(=O)n12. The molecule has 3 aromatic rings. The number of aromatic nitrogens is 1. The van der Waals surface area contributed by atoms with E-state index in [1.165, 1.54) is 23.8 Å². The quantitative estimate of drug-likeness (QED) is 0.341. The molecular weight excluding hydrogens is 434 g/mol. The van der Waals surface area contributed by atoms with Crippen molar-refractivity contribution in [1.82, 2.24) is 4.57 Å². The third kappa shape index (κ3) is 2.94. The predicted octanol–water partition coefficient (Wildman–Crippen LogP) is 1.77. The predicted molar refractivity (Wildman–Crippen MR) is 115 cm³/mol. The van der Waals surface area contributed by atoms with E-state index in [1.807, 2.05) is 18.2 Å². The van der Waals surface area contributed by atoms with E-state index in [-0.39, 0.29) is 11.2 Å². The maximum atomic E-state index is 13.5. The topological polar surface area (TPSA) is 113 Å². The van der Waals surface area contributed by atoms with Crippen molar-refractivity contribution in [3.8, 4) is 5.75 Å². The highest BCUT2D eigenvalue weighted by atomic mass is 32.1. The number of hydrogen-bond donors (Lipinski definition) is 0. The summed E-state index contributed by atoms with van der Waals surface area (Å²) in [4.78, 5) is 41.9. The summed E-state index contributed by atoms with van der Waals surface area (Å²) in [5.41, 5.74) is -0.435. The number of non-ortho nitro benzene ring substituents is 1. The third-order valence-electron chi connectivity index (χ3n) is 5.71. The Hall–Kier alpha value is -3.79. The molecule has 162 valence electrons. The molecule has 2 aromatic carbocycles. The van der Waals surface area contributed by atoms with Gasteiger partial charge in [0.2, 0.25) is 5.72 Å². The van der Waals surface area contributed by atoms with Gasteiger partial charge >= 0.3 is 5.97 Å². The maximum absolute atomic E-state index is 13.5. The summed E-state index contributed by atoms with van der Waals surface area (Å²) in [5, 5.41) is 11.1. The molecule has 0 aliphatic carbocycles. The lowest BCUT2D eigenvalue weighted by Crippen LogP contribution is -2.58. The van der Waals surface area contributed by atoms with E-state index >= 15 is 0 Å². The number of esters is 1. The molecule has 2 bridgehead atoms. The second kappa shape index (κ2) is 7.13. The Balaban J connectivity index is 1.77. The van der Waals surface area contributed by atoms with Gasteiger partial charge in [0.05, 0.1) is 22.6 Å². The number of nitrogens with zero attached hydrogens (tertiary/aromatic N) is 3. The van der Waals surface area contributed by atoms with Gasteiger partial charge in [0, 0.05) is 17.7 Å². The van der Waals surface area contributed by atoms with Gasteiger partial charge in [-0.15, -0.1) is 0 Å². The average Bonchev–Trinajstić information content (AvgIpc) is 3.06. The maximum Gasteiger partial charge on any atom is 0.317 e. The third-order valence-corrected chi connectivity index (χ3v) is 6.70. The van der Waals surface area contributed by atoms with Crippen molar-refractivity contribution in [2.24, 2.45) is 10.9 Å². The van der Waals surface area contributed by atoms with Crippen molar-refractivity contribution in [1.29, 1.82) is 0 Å². The van der Waals surface area contributed by atoms with Gasteiger partial charge in [-0.05, 0) is 24.6 Å². The Morgan fingerprint density at radius 3 is 2.84 bits per heavy atom. The van der Waals surface area contributed by atoms with Crippen LogP contribution in [0.3, 0.4) is 0 Å². The molecule has 0 saturated heterocycles. The summed E-state index contributed by atoms with van der Waals surface area (Å²) in [6, 6.07) is 12.6. The number of ether oxygens (including phenoxy) is 2. The van der Waals surface area contributed by atoms with Gasteiger partial charge in [-0.1, -0.05) is 41.7 Å². The number of para-hydroxylation sites is 1. The number of hydrogen-bond acceptors (Lipinski definition) is 8. The summed E-state index contributed by atoms with van der Waals surface area (Å²) in [6.45, 7) is 1.70. The monoisotopic (exact) mass is 451 g/mol. The molecule has 0 amide bonds. The Morgan fingerprint density at radius 1 is 1.31 bits per heavy atom. The molecule has 0 N–H and O–H groups in total. The van der Waals surface area contributed by atoms with E-state index in [4.69, 9.17) is 9.47 Å². The minimum atomic E-state index is -1.24. The molecule has 3 heterocycles. The molecule has 1 aromatic heterocycles. The van der Waals surface area contributed by atoms with Gasteiger partial charge in [0.1, 0.15) is 11.7 Å². The molecule has 0 unspecified atom stereocenters. The molecule has 0 saturated carbocycles. The van der Waals surface area contributed by atoms with Crippen molar-refractivity contribution < 1.29 is 19.2 Å². The highest BCUT2D eigenvalue weighted by molar-refractivity contribution is 7.07. The molecule has 0 spiro atoms. The lowest BCUT2D eigenvalue weighted by atomic mass is 9.81. The summed E-state index contributed by atoms with van der Waals surface area (Å²) in [7, 11) is 1.29. The van der Waals surface area contributed by atoms with Crippen molar-refractivity contribution in [2.45, 2.75) is 18.7 Å². The number of benzene rings is 2. The second-order valence-corrected chi connectivity index (χ2v) is 8.68. The zero-order valence-corrected chi connectivity index (χ0v) is 17.9. The van der Waals surface area contributed by atoms with E-state index in [0.717, 1.165) is 11.3 Å². The van der Waals surface area contributed by atoms with Crippen molar-refractivity contribution >= 4 is 29.1 Å². The summed E-state index contributed by atoms with van der Waals surface area (Å²) in [6.07, 6.45) is 1.59. The Bertz CT molecular complexity index is 1460. The summed E-state index contributed by atoms with van der Waals surface area (Å²) in [5.74, 6) is -0.826. The second-order valence-electron chi connectivity index (χ2n) is 7.67. The standard InChI is InChI=1S/C22H17N3O6S/c1-22-17(20(27)30-2)18(14-8-3-4-9-15(14)31-22)24-19(26)16(32-21(24)23-22)11-12-6-5-7-13(10-12)25(28)29/h3-11,17-18H,1-2H3/b16-11-/t17-,18-,22-/m1/s1. The average molecular weight is 451 g/mol. The first-order valence-electron chi connectivity index (χ1n) is 9.75. The number of fused-ring (bicyclic) bond motifs is 6. The molecule has 10 heteroatoms. The molecule has 9 nitrogen and oxygen atoms in total. The molecular formula is C22H17N3O6S. The Morgan fingerprint density at radius 2 is 2.09 bits per heavy atom. The zero-order chi connectivity index (χ0) is 22.6. The van der Waals surface area contributed by atoms with Crippen molar-refractivity contribution in [3.63, 3.8) is 0 Å². The van der Waals surface area contributed by atoms with Crippen LogP contribution in [-0.2, 0) is 9.53 Å². The van der Waals surface area contributed by atoms with Crippen LogP contribution in [0.25, 0.3) is 6.08 Å². The van der Waals surface area contributed by atoms with Crippen LogP contribution in [-0.4, -0.2) is 28.3 Å². The molecule has 3 atom stereocenters. The van der Waals surface area contributed by atoms with E-state index in [9.17, 15) is 19.7 Å². The largest absolute Gasteiger partial charge is 0.469 e. The van der Waals surface area contributed by atoms with Gasteiger partial charge in [0.25, 0.3) is 11.2 Å². The highest BCUT2D eigenvalue weighted by Crippen LogP contribution is 2.47. The molecule has 2 aliphatic heterocycles. The number of methoxy groups -OCH3 is 1. The number of carbonyl (C=O) groups is 1. The van der Waals surface area contributed by atoms with Crippen molar-refractivity contribution in [3.05, 3.63) is 89.5 Å². The van der Waals surface area contributed by atoms with E-state index in [0.29, 0.717) is 26.2 Å². The number of rotatable bonds is 3. The first kappa shape index (κ1) is 20.1. The summed E-state index contributed by atoms with van der Waals surface area (Å²) < 4.78 is 13.0. The fourth-order valence-corrected chi connectivity index (χ4v) is 5.41. The van der Waals surface area contributed by atoms with Crippen LogP contribution in [0, 0.1) is 16.0 Å². The number of nitro groups is 1. The van der Waals surface area contributed by atoms with Crippen LogP contribution in [0.15, 0.2) is 58.3 Å². The zero-order valence-electron chi connectivity index (χ0n) is 17.1. The van der Waals surface area contributed by atoms with Crippen LogP contribution in [0.1, 0.15) is 24.1 Å². The summed E-state index contributed by atoms with van der Waals surface area (Å²) >= 11 is 1.15. The lowest BCUT2D eigenvalue weighted by Gasteiger charge is -2.44. The Kier molecular flexibility index (Phi) is 4.48. The first-order chi connectivity index (χ1) is 15.3. The van der Waals surface area contributed by atoms with Gasteiger partial charge in [-0.25, -0.2) is 4.99 Å². The molecule has 5 rings (SSSR count). The number of thiazole rings is 1. The van der Waals surface area contributed by atoms with Gasteiger partial charge in [0.15, 0.2) is 4.80 Å². The molecule has 2 aliphatic rings. The highest BCUT2D eigenvalue weighted by Gasteiger charge is 2.55. The van der Waals surface area contributed by atoms with E-state index in [2.05, 4.69) is 4.99 Å². The van der Waals surface area contributed by atoms with Crippen LogP contribution >= 0.6 is 11.3 Å². The van der Waals surface area contributed by atoms with Crippen LogP contribution in [0.4, 0.5) is 5.69 Å². The lowest BCUT2D eigenvalue weighted by molar-refractivity contribution is -0.384. The number of nitro benzene ring substituents is 1. The van der Waals surface area contributed by atoms with Crippen LogP contribution in [0.5, 0.6) is 5.75 Å². The van der Waals surface area contributed by atoms with Gasteiger partial charge < -0.3 is 9.47 Å². The number of carbonyl (C=O) groups excluding carboxylic acids is 1.